The van der Waals surface area contributed by atoms with Crippen molar-refractivity contribution in [1.82, 2.24) is 0 Å². The molecule has 0 spiro atoms. The van der Waals surface area contributed by atoms with E-state index in [0.717, 1.165) is 18.8 Å². The van der Waals surface area contributed by atoms with E-state index in [0.29, 0.717) is 24.4 Å². The zero-order valence-corrected chi connectivity index (χ0v) is 13.0. The van der Waals surface area contributed by atoms with Crippen molar-refractivity contribution >= 4 is 11.9 Å². The van der Waals surface area contributed by atoms with Crippen LogP contribution in [-0.2, 0) is 23.8 Å². The second-order valence-corrected chi connectivity index (χ2v) is 7.07. The van der Waals surface area contributed by atoms with Crippen molar-refractivity contribution in [3.05, 3.63) is 0 Å². The van der Waals surface area contributed by atoms with Gasteiger partial charge in [-0.3, -0.25) is 4.79 Å². The molecule has 0 aromatic carbocycles. The predicted octanol–water partition coefficient (Wildman–Crippen LogP) is 1.79. The van der Waals surface area contributed by atoms with Crippen LogP contribution in [0.2, 0.25) is 0 Å². The molecule has 0 heterocycles. The Bertz CT molecular complexity index is 448. The number of rotatable bonds is 5. The maximum atomic E-state index is 11.3. The van der Waals surface area contributed by atoms with Crippen LogP contribution in [0.4, 0.5) is 0 Å². The number of methoxy groups -OCH3 is 1. The fraction of sp³-hybridized carbons (Fsp3) is 0.875. The lowest BCUT2D eigenvalue weighted by Crippen LogP contribution is -2.69. The maximum Gasteiger partial charge on any atom is 0.331 e. The highest BCUT2D eigenvalue weighted by Gasteiger charge is 2.69. The van der Waals surface area contributed by atoms with E-state index in [2.05, 4.69) is 11.7 Å². The SMILES string of the molecule is COC(=O)COC1C(C)CC2CC3(COC(C)=O)CC1C23. The van der Waals surface area contributed by atoms with Crippen molar-refractivity contribution in [2.45, 2.75) is 39.2 Å². The maximum absolute atomic E-state index is 11.3. The van der Waals surface area contributed by atoms with Crippen molar-refractivity contribution in [2.24, 2.45) is 29.1 Å². The molecule has 0 saturated heterocycles. The van der Waals surface area contributed by atoms with E-state index in [1.54, 1.807) is 0 Å². The average molecular weight is 296 g/mol. The van der Waals surface area contributed by atoms with Gasteiger partial charge in [-0.2, -0.15) is 0 Å². The standard InChI is InChI=1S/C16H24O5/c1-9-4-11-5-16(8-21-10(2)17)6-12(14(11)16)15(9)20-7-13(18)19-3/h9,11-12,14-15H,4-8H2,1-3H3. The molecule has 3 rings (SSSR count). The Labute approximate surface area is 125 Å². The average Bonchev–Trinajstić information content (AvgIpc) is 2.40. The molecule has 3 aliphatic carbocycles. The smallest absolute Gasteiger partial charge is 0.331 e. The molecule has 0 amide bonds. The van der Waals surface area contributed by atoms with Crippen molar-refractivity contribution in [3.8, 4) is 0 Å². The number of ether oxygens (including phenoxy) is 3. The summed E-state index contributed by atoms with van der Waals surface area (Å²) in [6.45, 7) is 4.27. The van der Waals surface area contributed by atoms with Gasteiger partial charge in [0.1, 0.15) is 6.61 Å². The summed E-state index contributed by atoms with van der Waals surface area (Å²) in [5.41, 5.74) is 0.202. The lowest BCUT2D eigenvalue weighted by Gasteiger charge is -2.72. The normalized spacial score (nSPS) is 43.1. The van der Waals surface area contributed by atoms with E-state index >= 15 is 0 Å². The monoisotopic (exact) mass is 296 g/mol. The second-order valence-electron chi connectivity index (χ2n) is 7.07. The van der Waals surface area contributed by atoms with Crippen molar-refractivity contribution < 1.29 is 23.8 Å². The third-order valence-corrected chi connectivity index (χ3v) is 5.83. The molecule has 0 aromatic rings. The van der Waals surface area contributed by atoms with Crippen LogP contribution in [0.1, 0.15) is 33.1 Å². The number of carbonyl (C=O) groups excluding carboxylic acids is 2. The van der Waals surface area contributed by atoms with Gasteiger partial charge in [-0.1, -0.05) is 6.92 Å². The minimum absolute atomic E-state index is 0.0380. The molecular weight excluding hydrogens is 272 g/mol. The first-order chi connectivity index (χ1) is 9.97. The molecule has 6 unspecified atom stereocenters. The highest BCUT2D eigenvalue weighted by Crippen LogP contribution is 2.72. The van der Waals surface area contributed by atoms with Gasteiger partial charge >= 0.3 is 11.9 Å². The molecule has 118 valence electrons. The van der Waals surface area contributed by atoms with Gasteiger partial charge in [-0.25, -0.2) is 4.79 Å². The number of hydrogen-bond donors (Lipinski definition) is 0. The lowest BCUT2D eigenvalue weighted by atomic mass is 9.34. The topological polar surface area (TPSA) is 61.8 Å². The van der Waals surface area contributed by atoms with Crippen LogP contribution in [0.25, 0.3) is 0 Å². The van der Waals surface area contributed by atoms with Gasteiger partial charge in [0.15, 0.2) is 0 Å². The van der Waals surface area contributed by atoms with Gasteiger partial charge in [0.2, 0.25) is 0 Å². The Kier molecular flexibility index (Phi) is 3.72. The molecule has 0 radical (unpaired) electrons. The highest BCUT2D eigenvalue weighted by molar-refractivity contribution is 5.70. The fourth-order valence-corrected chi connectivity index (χ4v) is 5.14. The molecule has 6 atom stereocenters. The number of esters is 2. The van der Waals surface area contributed by atoms with Gasteiger partial charge in [0.05, 0.1) is 19.8 Å². The van der Waals surface area contributed by atoms with Crippen molar-refractivity contribution in [2.75, 3.05) is 20.3 Å². The molecule has 5 heteroatoms. The van der Waals surface area contributed by atoms with Crippen LogP contribution in [0.3, 0.4) is 0 Å². The minimum atomic E-state index is -0.316. The Hall–Kier alpha value is -1.10. The van der Waals surface area contributed by atoms with E-state index in [4.69, 9.17) is 9.47 Å². The van der Waals surface area contributed by atoms with E-state index < -0.39 is 0 Å². The van der Waals surface area contributed by atoms with Gasteiger partial charge in [0, 0.05) is 12.3 Å². The van der Waals surface area contributed by atoms with Gasteiger partial charge < -0.3 is 14.2 Å². The van der Waals surface area contributed by atoms with Gasteiger partial charge in [-0.05, 0) is 42.9 Å². The summed E-state index contributed by atoms with van der Waals surface area (Å²) in [5.74, 6) is 1.83. The summed E-state index contributed by atoms with van der Waals surface area (Å²) in [5, 5.41) is 0. The van der Waals surface area contributed by atoms with Crippen molar-refractivity contribution in [1.29, 1.82) is 0 Å². The zero-order chi connectivity index (χ0) is 15.2. The number of carbonyl (C=O) groups is 2. The fourth-order valence-electron chi connectivity index (χ4n) is 5.14. The molecule has 3 saturated carbocycles. The molecule has 0 N–H and O–H groups in total. The largest absolute Gasteiger partial charge is 0.467 e. The molecule has 21 heavy (non-hydrogen) atoms. The molecular formula is C16H24O5. The predicted molar refractivity (Wildman–Crippen MR) is 74.3 cm³/mol. The van der Waals surface area contributed by atoms with Crippen LogP contribution in [-0.4, -0.2) is 38.4 Å². The zero-order valence-electron chi connectivity index (χ0n) is 13.0. The van der Waals surface area contributed by atoms with Gasteiger partial charge in [-0.15, -0.1) is 0 Å². The highest BCUT2D eigenvalue weighted by atomic mass is 16.6. The quantitative estimate of drug-likeness (QED) is 0.724. The van der Waals surface area contributed by atoms with Crippen LogP contribution in [0.15, 0.2) is 0 Å². The van der Waals surface area contributed by atoms with E-state index in [1.807, 2.05) is 0 Å². The molecule has 3 fully saturated rings. The Morgan fingerprint density at radius 2 is 2.05 bits per heavy atom. The second kappa shape index (κ2) is 5.27. The minimum Gasteiger partial charge on any atom is -0.467 e. The van der Waals surface area contributed by atoms with E-state index in [-0.39, 0.29) is 30.1 Å². The Morgan fingerprint density at radius 1 is 1.29 bits per heavy atom. The van der Waals surface area contributed by atoms with E-state index in [9.17, 15) is 9.59 Å². The van der Waals surface area contributed by atoms with Crippen LogP contribution in [0, 0.1) is 29.1 Å². The van der Waals surface area contributed by atoms with Gasteiger partial charge in [0.25, 0.3) is 0 Å². The summed E-state index contributed by atoms with van der Waals surface area (Å²) in [7, 11) is 1.38. The lowest BCUT2D eigenvalue weighted by molar-refractivity contribution is -0.277. The van der Waals surface area contributed by atoms with Crippen LogP contribution in [0.5, 0.6) is 0 Å². The molecule has 3 aliphatic rings. The first-order valence-electron chi connectivity index (χ1n) is 7.78. The summed E-state index contributed by atoms with van der Waals surface area (Å²) in [6.07, 6.45) is 3.51. The summed E-state index contributed by atoms with van der Waals surface area (Å²) >= 11 is 0. The summed E-state index contributed by atoms with van der Waals surface area (Å²) in [6, 6.07) is 0. The molecule has 5 nitrogen and oxygen atoms in total. The van der Waals surface area contributed by atoms with E-state index in [1.165, 1.54) is 20.5 Å². The first-order valence-corrected chi connectivity index (χ1v) is 7.78. The Morgan fingerprint density at radius 3 is 2.71 bits per heavy atom. The van der Waals surface area contributed by atoms with Crippen LogP contribution >= 0.6 is 0 Å². The molecule has 0 aromatic heterocycles. The Balaban J connectivity index is 1.60. The third kappa shape index (κ3) is 2.35. The van der Waals surface area contributed by atoms with Crippen molar-refractivity contribution in [3.63, 3.8) is 0 Å². The summed E-state index contributed by atoms with van der Waals surface area (Å²) in [4.78, 5) is 22.3. The third-order valence-electron chi connectivity index (χ3n) is 5.83. The molecule has 0 aliphatic heterocycles. The van der Waals surface area contributed by atoms with Crippen LogP contribution < -0.4 is 0 Å². The first kappa shape index (κ1) is 14.8. The summed E-state index contributed by atoms with van der Waals surface area (Å²) < 4.78 is 15.7. The number of hydrogen-bond acceptors (Lipinski definition) is 5. The molecule has 0 bridgehead atoms.